The van der Waals surface area contributed by atoms with Crippen LogP contribution in [0.4, 0.5) is 0 Å². The molecule has 0 bridgehead atoms. The number of hydrogen-bond donors (Lipinski definition) is 1. The summed E-state index contributed by atoms with van der Waals surface area (Å²) in [6.45, 7) is 5.62. The fraction of sp³-hybridized carbons (Fsp3) is 0.357. The number of benzene rings is 1. The number of ether oxygens (including phenoxy) is 1. The molecule has 1 aromatic carbocycles. The van der Waals surface area contributed by atoms with E-state index in [1.807, 2.05) is 39.1 Å². The van der Waals surface area contributed by atoms with Gasteiger partial charge in [-0.25, -0.2) is 0 Å². The number of nitrogens with zero attached hydrogens (tertiary/aromatic N) is 2. The first-order chi connectivity index (χ1) is 8.90. The van der Waals surface area contributed by atoms with Crippen LogP contribution >= 0.6 is 15.9 Å². The van der Waals surface area contributed by atoms with Crippen LogP contribution in [-0.4, -0.2) is 14.9 Å². The molecule has 0 saturated carbocycles. The first-order valence-corrected chi connectivity index (χ1v) is 6.85. The minimum Gasteiger partial charge on any atom is -0.453 e. The molecule has 2 rings (SSSR count). The molecule has 0 aliphatic carbocycles. The van der Waals surface area contributed by atoms with E-state index in [-0.39, 0.29) is 0 Å². The second-order valence-electron chi connectivity index (χ2n) is 4.58. The van der Waals surface area contributed by atoms with Crippen LogP contribution in [-0.2, 0) is 7.05 Å². The Morgan fingerprint density at radius 1 is 1.37 bits per heavy atom. The van der Waals surface area contributed by atoms with Gasteiger partial charge >= 0.3 is 0 Å². The summed E-state index contributed by atoms with van der Waals surface area (Å²) in [5.41, 5.74) is 2.68. The molecular weight excluding hydrogens is 308 g/mol. The Labute approximate surface area is 121 Å². The summed E-state index contributed by atoms with van der Waals surface area (Å²) >= 11 is 3.44. The van der Waals surface area contributed by atoms with Crippen molar-refractivity contribution in [2.24, 2.45) is 7.05 Å². The summed E-state index contributed by atoms with van der Waals surface area (Å²) in [5.74, 6) is 1.50. The van der Waals surface area contributed by atoms with Crippen LogP contribution in [0.1, 0.15) is 30.0 Å². The van der Waals surface area contributed by atoms with Crippen molar-refractivity contribution in [1.29, 1.82) is 0 Å². The summed E-state index contributed by atoms with van der Waals surface area (Å²) in [5, 5.41) is 13.9. The van der Waals surface area contributed by atoms with Crippen molar-refractivity contribution < 1.29 is 9.84 Å². The monoisotopic (exact) mass is 324 g/mol. The molecular formula is C14H17BrN2O2. The van der Waals surface area contributed by atoms with Crippen LogP contribution in [0.15, 0.2) is 22.7 Å². The molecule has 0 aliphatic heterocycles. The summed E-state index contributed by atoms with van der Waals surface area (Å²) in [4.78, 5) is 0. The van der Waals surface area contributed by atoms with Crippen molar-refractivity contribution in [2.45, 2.75) is 26.9 Å². The molecule has 2 aromatic rings. The van der Waals surface area contributed by atoms with E-state index in [4.69, 9.17) is 4.74 Å². The molecule has 1 aromatic heterocycles. The number of aliphatic hydroxyl groups is 1. The molecule has 19 heavy (non-hydrogen) atoms. The van der Waals surface area contributed by atoms with Crippen molar-refractivity contribution in [3.8, 4) is 11.5 Å². The second kappa shape index (κ2) is 5.35. The van der Waals surface area contributed by atoms with E-state index >= 15 is 0 Å². The van der Waals surface area contributed by atoms with E-state index in [1.165, 1.54) is 0 Å². The fourth-order valence-electron chi connectivity index (χ4n) is 1.93. The summed E-state index contributed by atoms with van der Waals surface area (Å²) in [6.07, 6.45) is -0.509. The maximum atomic E-state index is 9.59. The lowest BCUT2D eigenvalue weighted by molar-refractivity contribution is 0.198. The molecule has 4 nitrogen and oxygen atoms in total. The van der Waals surface area contributed by atoms with Gasteiger partial charge in [0, 0.05) is 11.5 Å². The van der Waals surface area contributed by atoms with E-state index in [9.17, 15) is 5.11 Å². The topological polar surface area (TPSA) is 47.3 Å². The van der Waals surface area contributed by atoms with Crippen LogP contribution < -0.4 is 4.74 Å². The van der Waals surface area contributed by atoms with Gasteiger partial charge in [-0.1, -0.05) is 22.0 Å². The molecule has 102 valence electrons. The molecule has 1 N–H and O–H groups in total. The van der Waals surface area contributed by atoms with Gasteiger partial charge in [0.05, 0.1) is 11.8 Å². The average molecular weight is 325 g/mol. The molecule has 0 aliphatic rings. The number of halogens is 1. The molecule has 0 spiro atoms. The number of hydrogen-bond acceptors (Lipinski definition) is 3. The van der Waals surface area contributed by atoms with Gasteiger partial charge in [0.2, 0.25) is 0 Å². The molecule has 1 atom stereocenters. The van der Waals surface area contributed by atoms with Gasteiger partial charge in [-0.05, 0) is 38.5 Å². The molecule has 0 fully saturated rings. The maximum Gasteiger partial charge on any atom is 0.171 e. The highest BCUT2D eigenvalue weighted by Gasteiger charge is 2.13. The predicted molar refractivity (Wildman–Crippen MR) is 77.5 cm³/mol. The van der Waals surface area contributed by atoms with Gasteiger partial charge in [0.25, 0.3) is 0 Å². The average Bonchev–Trinajstić information content (AvgIpc) is 2.56. The van der Waals surface area contributed by atoms with Gasteiger partial charge in [-0.15, -0.1) is 0 Å². The predicted octanol–water partition coefficient (Wildman–Crippen LogP) is 3.65. The molecule has 1 heterocycles. The van der Waals surface area contributed by atoms with E-state index < -0.39 is 6.10 Å². The normalized spacial score (nSPS) is 12.5. The zero-order chi connectivity index (χ0) is 14.2. The van der Waals surface area contributed by atoms with Crippen molar-refractivity contribution in [2.75, 3.05) is 0 Å². The SMILES string of the molecule is Cc1nn(C)c(C)c1Oc1ccc([C@H](C)O)c(Br)c1. The Bertz CT molecular complexity index is 606. The number of aliphatic hydroxyl groups excluding tert-OH is 1. The van der Waals surface area contributed by atoms with Gasteiger partial charge in [-0.3, -0.25) is 4.68 Å². The largest absolute Gasteiger partial charge is 0.453 e. The smallest absolute Gasteiger partial charge is 0.171 e. The fourth-order valence-corrected chi connectivity index (χ4v) is 2.62. The highest BCUT2D eigenvalue weighted by Crippen LogP contribution is 2.32. The van der Waals surface area contributed by atoms with Crippen LogP contribution in [0.25, 0.3) is 0 Å². The zero-order valence-corrected chi connectivity index (χ0v) is 13.0. The lowest BCUT2D eigenvalue weighted by atomic mass is 10.1. The first kappa shape index (κ1) is 14.1. The standard InChI is InChI=1S/C14H17BrN2O2/c1-8-14(9(2)17(4)16-8)19-11-5-6-12(10(3)18)13(15)7-11/h5-7,10,18H,1-4H3/t10-/m0/s1. The summed E-state index contributed by atoms with van der Waals surface area (Å²) in [7, 11) is 1.89. The Kier molecular flexibility index (Phi) is 3.96. The summed E-state index contributed by atoms with van der Waals surface area (Å²) in [6, 6.07) is 5.55. The minimum absolute atomic E-state index is 0.509. The lowest BCUT2D eigenvalue weighted by Gasteiger charge is -2.11. The van der Waals surface area contributed by atoms with Gasteiger partial charge in [0.15, 0.2) is 5.75 Å². The number of aromatic nitrogens is 2. The molecule has 5 heteroatoms. The highest BCUT2D eigenvalue weighted by atomic mass is 79.9. The third kappa shape index (κ3) is 2.82. The first-order valence-electron chi connectivity index (χ1n) is 6.05. The highest BCUT2D eigenvalue weighted by molar-refractivity contribution is 9.10. The van der Waals surface area contributed by atoms with Crippen LogP contribution in [0, 0.1) is 13.8 Å². The van der Waals surface area contributed by atoms with Crippen molar-refractivity contribution >= 4 is 15.9 Å². The van der Waals surface area contributed by atoms with Crippen molar-refractivity contribution in [1.82, 2.24) is 9.78 Å². The summed E-state index contributed by atoms with van der Waals surface area (Å²) < 4.78 is 8.51. The number of rotatable bonds is 3. The van der Waals surface area contributed by atoms with Crippen LogP contribution in [0.3, 0.4) is 0 Å². The molecule has 0 radical (unpaired) electrons. The minimum atomic E-state index is -0.509. The third-order valence-corrected chi connectivity index (χ3v) is 3.77. The van der Waals surface area contributed by atoms with E-state index in [0.717, 1.165) is 32.9 Å². The van der Waals surface area contributed by atoms with Gasteiger partial charge < -0.3 is 9.84 Å². The molecule has 0 amide bonds. The van der Waals surface area contributed by atoms with Crippen molar-refractivity contribution in [3.05, 3.63) is 39.6 Å². The van der Waals surface area contributed by atoms with E-state index in [2.05, 4.69) is 21.0 Å². The van der Waals surface area contributed by atoms with Gasteiger partial charge in [0.1, 0.15) is 11.4 Å². The van der Waals surface area contributed by atoms with E-state index in [0.29, 0.717) is 0 Å². The lowest BCUT2D eigenvalue weighted by Crippen LogP contribution is -1.95. The third-order valence-electron chi connectivity index (χ3n) is 3.08. The van der Waals surface area contributed by atoms with Gasteiger partial charge in [-0.2, -0.15) is 5.10 Å². The Balaban J connectivity index is 2.31. The zero-order valence-electron chi connectivity index (χ0n) is 11.4. The Morgan fingerprint density at radius 3 is 2.53 bits per heavy atom. The van der Waals surface area contributed by atoms with Crippen molar-refractivity contribution in [3.63, 3.8) is 0 Å². The maximum absolute atomic E-state index is 9.59. The van der Waals surface area contributed by atoms with Crippen LogP contribution in [0.5, 0.6) is 11.5 Å². The number of aryl methyl sites for hydroxylation is 2. The van der Waals surface area contributed by atoms with E-state index in [1.54, 1.807) is 11.6 Å². The Hall–Kier alpha value is -1.33. The quantitative estimate of drug-likeness (QED) is 0.937. The Morgan fingerprint density at radius 2 is 2.05 bits per heavy atom. The molecule has 0 saturated heterocycles. The molecule has 0 unspecified atom stereocenters. The van der Waals surface area contributed by atoms with Crippen LogP contribution in [0.2, 0.25) is 0 Å². The second-order valence-corrected chi connectivity index (χ2v) is 5.44.